The fraction of sp³-hybridized carbons (Fsp3) is 0.292. The second kappa shape index (κ2) is 8.95. The number of nitrogens with zero attached hydrogens (tertiary/aromatic N) is 7. The molecule has 1 aliphatic rings. The molecule has 1 fully saturated rings. The maximum Gasteiger partial charge on any atom is 0.229 e. The SMILES string of the molecule is CN1CCN(c2cc(CC(=O)Nc3cc4cc(-c5cnn(C)c5)ccc4nn3)ccn2)CC1. The molecule has 0 atom stereocenters. The predicted molar refractivity (Wildman–Crippen MR) is 128 cm³/mol. The standard InChI is InChI=1S/C24H26N8O/c1-30-7-9-32(10-8-30)23-11-17(5-6-25-23)12-24(33)27-22-14-19-13-18(3-4-21(19)28-29-22)20-15-26-31(2)16-20/h3-6,11,13-16H,7-10,12H2,1-2H3,(H,27,29,33). The molecular formula is C24H26N8O. The summed E-state index contributed by atoms with van der Waals surface area (Å²) in [6.07, 6.45) is 5.80. The predicted octanol–water partition coefficient (Wildman–Crippen LogP) is 2.36. The summed E-state index contributed by atoms with van der Waals surface area (Å²) in [5.74, 6) is 1.22. The fourth-order valence-corrected chi connectivity index (χ4v) is 4.01. The van der Waals surface area contributed by atoms with Crippen LogP contribution in [0.25, 0.3) is 22.0 Å². The maximum absolute atomic E-state index is 12.7. The third-order valence-electron chi connectivity index (χ3n) is 5.89. The van der Waals surface area contributed by atoms with E-state index in [0.29, 0.717) is 5.82 Å². The Bertz CT molecular complexity index is 1290. The van der Waals surface area contributed by atoms with E-state index in [1.165, 1.54) is 0 Å². The molecule has 1 N–H and O–H groups in total. The number of anilines is 2. The second-order valence-electron chi connectivity index (χ2n) is 8.44. The Morgan fingerprint density at radius 1 is 1.00 bits per heavy atom. The van der Waals surface area contributed by atoms with Gasteiger partial charge in [-0.2, -0.15) is 5.10 Å². The lowest BCUT2D eigenvalue weighted by atomic mass is 10.1. The Morgan fingerprint density at radius 3 is 2.64 bits per heavy atom. The molecule has 0 spiro atoms. The van der Waals surface area contributed by atoms with Crippen LogP contribution < -0.4 is 10.2 Å². The van der Waals surface area contributed by atoms with Crippen LogP contribution in [-0.2, 0) is 18.3 Å². The number of aromatic nitrogens is 5. The Labute approximate surface area is 192 Å². The quantitative estimate of drug-likeness (QED) is 0.507. The topological polar surface area (TPSA) is 92.1 Å². The molecule has 4 aromatic rings. The summed E-state index contributed by atoms with van der Waals surface area (Å²) in [5.41, 5.74) is 3.75. The van der Waals surface area contributed by atoms with Crippen molar-refractivity contribution in [1.29, 1.82) is 0 Å². The van der Waals surface area contributed by atoms with Crippen molar-refractivity contribution in [3.63, 3.8) is 0 Å². The molecule has 5 rings (SSSR count). The molecule has 1 amide bonds. The minimum absolute atomic E-state index is 0.136. The van der Waals surface area contributed by atoms with Crippen LogP contribution in [0.15, 0.2) is 55.0 Å². The summed E-state index contributed by atoms with van der Waals surface area (Å²) in [6, 6.07) is 11.7. The van der Waals surface area contributed by atoms with Crippen molar-refractivity contribution >= 4 is 28.4 Å². The smallest absolute Gasteiger partial charge is 0.229 e. The molecule has 9 nitrogen and oxygen atoms in total. The average Bonchev–Trinajstić information content (AvgIpc) is 3.25. The number of hydrogen-bond acceptors (Lipinski definition) is 7. The summed E-state index contributed by atoms with van der Waals surface area (Å²) in [4.78, 5) is 21.8. The Balaban J connectivity index is 1.28. The van der Waals surface area contributed by atoms with Gasteiger partial charge in [0.15, 0.2) is 5.82 Å². The number of carbonyl (C=O) groups is 1. The van der Waals surface area contributed by atoms with Crippen LogP contribution in [-0.4, -0.2) is 69.0 Å². The van der Waals surface area contributed by atoms with E-state index in [9.17, 15) is 4.79 Å². The van der Waals surface area contributed by atoms with Gasteiger partial charge in [0, 0.05) is 56.6 Å². The van der Waals surface area contributed by atoms with Crippen molar-refractivity contribution in [2.45, 2.75) is 6.42 Å². The molecule has 168 valence electrons. The van der Waals surface area contributed by atoms with Crippen LogP contribution in [0.1, 0.15) is 5.56 Å². The number of hydrogen-bond donors (Lipinski definition) is 1. The molecule has 9 heteroatoms. The largest absolute Gasteiger partial charge is 0.354 e. The van der Waals surface area contributed by atoms with Gasteiger partial charge in [0.05, 0.1) is 18.1 Å². The van der Waals surface area contributed by atoms with Crippen LogP contribution in [0.5, 0.6) is 0 Å². The van der Waals surface area contributed by atoms with Crippen molar-refractivity contribution < 1.29 is 4.79 Å². The van der Waals surface area contributed by atoms with Crippen molar-refractivity contribution in [1.82, 2.24) is 29.9 Å². The zero-order chi connectivity index (χ0) is 22.8. The minimum Gasteiger partial charge on any atom is -0.354 e. The number of amides is 1. The van der Waals surface area contributed by atoms with E-state index in [-0.39, 0.29) is 12.3 Å². The van der Waals surface area contributed by atoms with E-state index in [0.717, 1.165) is 59.6 Å². The van der Waals surface area contributed by atoms with Crippen molar-refractivity contribution in [2.24, 2.45) is 7.05 Å². The van der Waals surface area contributed by atoms with Gasteiger partial charge in [-0.1, -0.05) is 6.07 Å². The number of carbonyl (C=O) groups excluding carboxylic acids is 1. The number of aryl methyl sites for hydroxylation is 1. The molecule has 3 aromatic heterocycles. The minimum atomic E-state index is -0.136. The van der Waals surface area contributed by atoms with Crippen LogP contribution in [0.4, 0.5) is 11.6 Å². The lowest BCUT2D eigenvalue weighted by molar-refractivity contribution is -0.115. The van der Waals surface area contributed by atoms with E-state index >= 15 is 0 Å². The summed E-state index contributed by atoms with van der Waals surface area (Å²) in [5, 5.41) is 16.4. The van der Waals surface area contributed by atoms with Crippen molar-refractivity contribution in [2.75, 3.05) is 43.4 Å². The van der Waals surface area contributed by atoms with Crippen LogP contribution in [0, 0.1) is 0 Å². The number of pyridine rings is 1. The Hall–Kier alpha value is -3.85. The highest BCUT2D eigenvalue weighted by Crippen LogP contribution is 2.24. The monoisotopic (exact) mass is 442 g/mol. The van der Waals surface area contributed by atoms with E-state index in [1.54, 1.807) is 10.9 Å². The summed E-state index contributed by atoms with van der Waals surface area (Å²) in [6.45, 7) is 3.89. The van der Waals surface area contributed by atoms with Gasteiger partial charge in [-0.15, -0.1) is 10.2 Å². The molecule has 1 aromatic carbocycles. The van der Waals surface area contributed by atoms with Crippen LogP contribution in [0.2, 0.25) is 0 Å². The number of likely N-dealkylation sites (N-methyl/N-ethyl adjacent to an activating group) is 1. The van der Waals surface area contributed by atoms with Gasteiger partial charge < -0.3 is 15.1 Å². The van der Waals surface area contributed by atoms with Crippen molar-refractivity contribution in [3.05, 3.63) is 60.6 Å². The highest BCUT2D eigenvalue weighted by atomic mass is 16.1. The first-order valence-electron chi connectivity index (χ1n) is 11.0. The van der Waals surface area contributed by atoms with E-state index < -0.39 is 0 Å². The molecule has 0 unspecified atom stereocenters. The van der Waals surface area contributed by atoms with Crippen LogP contribution in [0.3, 0.4) is 0 Å². The Kier molecular flexibility index (Phi) is 5.70. The average molecular weight is 443 g/mol. The molecular weight excluding hydrogens is 416 g/mol. The van der Waals surface area contributed by atoms with E-state index in [4.69, 9.17) is 0 Å². The molecule has 1 saturated heterocycles. The van der Waals surface area contributed by atoms with Crippen molar-refractivity contribution in [3.8, 4) is 11.1 Å². The highest BCUT2D eigenvalue weighted by Gasteiger charge is 2.16. The van der Waals surface area contributed by atoms with Crippen LogP contribution >= 0.6 is 0 Å². The fourth-order valence-electron chi connectivity index (χ4n) is 4.01. The van der Waals surface area contributed by atoms with Gasteiger partial charge in [-0.3, -0.25) is 9.48 Å². The molecule has 1 aliphatic heterocycles. The summed E-state index contributed by atoms with van der Waals surface area (Å²) >= 11 is 0. The van der Waals surface area contributed by atoms with E-state index in [1.807, 2.05) is 55.8 Å². The first-order chi connectivity index (χ1) is 16.0. The first kappa shape index (κ1) is 21.0. The third-order valence-corrected chi connectivity index (χ3v) is 5.89. The lowest BCUT2D eigenvalue weighted by Gasteiger charge is -2.33. The number of nitrogens with one attached hydrogen (secondary N) is 1. The summed E-state index contributed by atoms with van der Waals surface area (Å²) < 4.78 is 1.77. The molecule has 0 aliphatic carbocycles. The number of benzene rings is 1. The number of piperazine rings is 1. The van der Waals surface area contributed by atoms with Gasteiger partial charge >= 0.3 is 0 Å². The van der Waals surface area contributed by atoms with Gasteiger partial charge in [0.2, 0.25) is 5.91 Å². The Morgan fingerprint density at radius 2 is 1.85 bits per heavy atom. The molecule has 0 saturated carbocycles. The van der Waals surface area contributed by atoms with Gasteiger partial charge in [-0.25, -0.2) is 4.98 Å². The molecule has 33 heavy (non-hydrogen) atoms. The third kappa shape index (κ3) is 4.83. The zero-order valence-electron chi connectivity index (χ0n) is 18.8. The highest BCUT2D eigenvalue weighted by molar-refractivity contribution is 5.93. The second-order valence-corrected chi connectivity index (χ2v) is 8.44. The number of fused-ring (bicyclic) bond motifs is 1. The van der Waals surface area contributed by atoms with Gasteiger partial charge in [-0.05, 0) is 48.5 Å². The lowest BCUT2D eigenvalue weighted by Crippen LogP contribution is -2.44. The first-order valence-corrected chi connectivity index (χ1v) is 11.0. The summed E-state index contributed by atoms with van der Waals surface area (Å²) in [7, 11) is 4.02. The van der Waals surface area contributed by atoms with Gasteiger partial charge in [0.25, 0.3) is 0 Å². The molecule has 4 heterocycles. The number of rotatable bonds is 5. The van der Waals surface area contributed by atoms with E-state index in [2.05, 4.69) is 42.4 Å². The molecule has 0 bridgehead atoms. The molecule has 0 radical (unpaired) electrons. The zero-order valence-corrected chi connectivity index (χ0v) is 18.8. The normalized spacial score (nSPS) is 14.5. The van der Waals surface area contributed by atoms with Gasteiger partial charge in [0.1, 0.15) is 5.82 Å². The maximum atomic E-state index is 12.7.